The zero-order valence-corrected chi connectivity index (χ0v) is 10.8. The number of nitro groups is 1. The van der Waals surface area contributed by atoms with Crippen LogP contribution in [0.4, 0.5) is 5.69 Å². The molecular weight excluding hydrogens is 272 g/mol. The van der Waals surface area contributed by atoms with Crippen molar-refractivity contribution in [2.75, 3.05) is 0 Å². The van der Waals surface area contributed by atoms with Gasteiger partial charge < -0.3 is 0 Å². The van der Waals surface area contributed by atoms with Crippen molar-refractivity contribution in [1.82, 2.24) is 0 Å². The number of rotatable bonds is 5. The van der Waals surface area contributed by atoms with E-state index in [1.165, 1.54) is 24.3 Å². The first-order chi connectivity index (χ1) is 10.1. The molecule has 104 valence electrons. The Balaban J connectivity index is 2.19. The smallest absolute Gasteiger partial charge is 0.269 e. The Bertz CT molecular complexity index is 717. The molecule has 0 atom stereocenters. The fourth-order valence-electron chi connectivity index (χ4n) is 1.78. The third-order valence-electron chi connectivity index (χ3n) is 2.87. The van der Waals surface area contributed by atoms with Gasteiger partial charge in [-0.2, -0.15) is 0 Å². The molecule has 21 heavy (non-hydrogen) atoms. The molecule has 0 aliphatic carbocycles. The summed E-state index contributed by atoms with van der Waals surface area (Å²) in [6.07, 6.45) is 0. The summed E-state index contributed by atoms with van der Waals surface area (Å²) in [6, 6.07) is 12.1. The highest BCUT2D eigenvalue weighted by Gasteiger charge is 2.11. The van der Waals surface area contributed by atoms with Crippen molar-refractivity contribution in [3.05, 3.63) is 85.8 Å². The average Bonchev–Trinajstić information content (AvgIpc) is 2.53. The maximum absolute atomic E-state index is 12.2. The highest BCUT2D eigenvalue weighted by molar-refractivity contribution is 6.09. The molecule has 7 heteroatoms. The quantitative estimate of drug-likeness (QED) is 0.208. The summed E-state index contributed by atoms with van der Waals surface area (Å²) < 4.78 is 0. The van der Waals surface area contributed by atoms with Crippen molar-refractivity contribution >= 4 is 11.5 Å². The van der Waals surface area contributed by atoms with E-state index in [2.05, 4.69) is 10.0 Å². The topological polar surface area (TPSA) is 109 Å². The van der Waals surface area contributed by atoms with E-state index in [1.54, 1.807) is 24.3 Å². The van der Waals surface area contributed by atoms with Gasteiger partial charge in [-0.25, -0.2) is 0 Å². The van der Waals surface area contributed by atoms with Gasteiger partial charge in [0.15, 0.2) is 5.78 Å². The van der Waals surface area contributed by atoms with Crippen molar-refractivity contribution in [3.8, 4) is 0 Å². The van der Waals surface area contributed by atoms with Crippen LogP contribution in [0.5, 0.6) is 0 Å². The van der Waals surface area contributed by atoms with Gasteiger partial charge in [0.2, 0.25) is 0 Å². The van der Waals surface area contributed by atoms with Crippen LogP contribution in [0, 0.1) is 10.1 Å². The number of non-ortho nitro benzene ring substituents is 1. The van der Waals surface area contributed by atoms with Crippen molar-refractivity contribution in [3.63, 3.8) is 0 Å². The first kappa shape index (κ1) is 14.2. The lowest BCUT2D eigenvalue weighted by molar-refractivity contribution is -0.384. The lowest BCUT2D eigenvalue weighted by atomic mass is 10.0. The molecule has 2 aromatic carbocycles. The Labute approximate surface area is 119 Å². The maximum atomic E-state index is 12.2. The monoisotopic (exact) mass is 282 g/mol. The van der Waals surface area contributed by atoms with Crippen LogP contribution in [-0.2, 0) is 6.54 Å². The van der Waals surface area contributed by atoms with E-state index in [0.717, 1.165) is 5.56 Å². The molecule has 2 aromatic rings. The van der Waals surface area contributed by atoms with Gasteiger partial charge in [0.25, 0.3) is 5.69 Å². The molecule has 0 fully saturated rings. The minimum Gasteiger partial charge on any atom is -0.289 e. The number of benzene rings is 2. The second-order valence-corrected chi connectivity index (χ2v) is 4.22. The Morgan fingerprint density at radius 3 is 2.10 bits per heavy atom. The molecule has 0 N–H and O–H groups in total. The number of azide groups is 1. The molecular formula is C14H10N4O3. The highest BCUT2D eigenvalue weighted by atomic mass is 16.6. The zero-order valence-electron chi connectivity index (χ0n) is 10.8. The lowest BCUT2D eigenvalue weighted by Crippen LogP contribution is -2.01. The van der Waals surface area contributed by atoms with Gasteiger partial charge in [0, 0.05) is 28.2 Å². The van der Waals surface area contributed by atoms with Crippen LogP contribution >= 0.6 is 0 Å². The molecule has 7 nitrogen and oxygen atoms in total. The van der Waals surface area contributed by atoms with Crippen molar-refractivity contribution in [2.45, 2.75) is 6.54 Å². The lowest BCUT2D eigenvalue weighted by Gasteiger charge is -2.02. The minimum absolute atomic E-state index is 0.0590. The fraction of sp³-hybridized carbons (Fsp3) is 0.0714. The van der Waals surface area contributed by atoms with Gasteiger partial charge in [0.05, 0.1) is 11.5 Å². The number of carbonyl (C=O) groups excluding carboxylic acids is 1. The van der Waals surface area contributed by atoms with Gasteiger partial charge >= 0.3 is 0 Å². The molecule has 0 saturated heterocycles. The molecule has 0 aromatic heterocycles. The second kappa shape index (κ2) is 6.31. The SMILES string of the molecule is [N-]=[N+]=NCc1ccc(C(=O)c2ccc([N+](=O)[O-])cc2)cc1. The molecule has 0 unspecified atom stereocenters. The van der Waals surface area contributed by atoms with Gasteiger partial charge in [-0.15, -0.1) is 0 Å². The second-order valence-electron chi connectivity index (χ2n) is 4.22. The van der Waals surface area contributed by atoms with Crippen LogP contribution in [0.25, 0.3) is 10.4 Å². The number of nitrogens with zero attached hydrogens (tertiary/aromatic N) is 4. The summed E-state index contributed by atoms with van der Waals surface area (Å²) in [5.74, 6) is -0.222. The summed E-state index contributed by atoms with van der Waals surface area (Å²) >= 11 is 0. The van der Waals surface area contributed by atoms with Crippen molar-refractivity contribution in [2.24, 2.45) is 5.11 Å². The van der Waals surface area contributed by atoms with Crippen molar-refractivity contribution < 1.29 is 9.72 Å². The summed E-state index contributed by atoms with van der Waals surface area (Å²) in [6.45, 7) is 0.225. The third kappa shape index (κ3) is 3.43. The van der Waals surface area contributed by atoms with E-state index in [-0.39, 0.29) is 18.0 Å². The zero-order chi connectivity index (χ0) is 15.2. The van der Waals surface area contributed by atoms with Crippen LogP contribution in [-0.4, -0.2) is 10.7 Å². The molecule has 0 amide bonds. The number of carbonyl (C=O) groups is 1. The first-order valence-corrected chi connectivity index (χ1v) is 6.01. The van der Waals surface area contributed by atoms with Gasteiger partial charge in [0.1, 0.15) is 0 Å². The standard InChI is InChI=1S/C14H10N4O3/c15-17-16-9-10-1-3-11(4-2-10)14(19)12-5-7-13(8-6-12)18(20)21/h1-8H,9H2. The summed E-state index contributed by atoms with van der Waals surface area (Å²) in [7, 11) is 0. The number of hydrogen-bond donors (Lipinski definition) is 0. The average molecular weight is 282 g/mol. The normalized spacial score (nSPS) is 9.71. The van der Waals surface area contributed by atoms with E-state index < -0.39 is 4.92 Å². The van der Waals surface area contributed by atoms with Gasteiger partial charge in [-0.05, 0) is 23.2 Å². The molecule has 2 rings (SSSR count). The van der Waals surface area contributed by atoms with E-state index >= 15 is 0 Å². The number of hydrogen-bond acceptors (Lipinski definition) is 4. The molecule has 0 aliphatic heterocycles. The van der Waals surface area contributed by atoms with E-state index in [4.69, 9.17) is 5.53 Å². The Kier molecular flexibility index (Phi) is 4.28. The van der Waals surface area contributed by atoms with Gasteiger partial charge in [-0.1, -0.05) is 29.4 Å². The maximum Gasteiger partial charge on any atom is 0.269 e. The largest absolute Gasteiger partial charge is 0.289 e. The van der Waals surface area contributed by atoms with Crippen LogP contribution < -0.4 is 0 Å². The van der Waals surface area contributed by atoms with Crippen molar-refractivity contribution in [1.29, 1.82) is 0 Å². The predicted molar refractivity (Wildman–Crippen MR) is 75.8 cm³/mol. The van der Waals surface area contributed by atoms with E-state index in [0.29, 0.717) is 11.1 Å². The third-order valence-corrected chi connectivity index (χ3v) is 2.87. The summed E-state index contributed by atoms with van der Waals surface area (Å²) in [5.41, 5.74) is 9.82. The number of nitro benzene ring substituents is 1. The Morgan fingerprint density at radius 1 is 1.10 bits per heavy atom. The highest BCUT2D eigenvalue weighted by Crippen LogP contribution is 2.16. The van der Waals surface area contributed by atoms with E-state index in [1.807, 2.05) is 0 Å². The molecule has 0 spiro atoms. The molecule has 0 radical (unpaired) electrons. The Morgan fingerprint density at radius 2 is 1.62 bits per heavy atom. The molecule has 0 heterocycles. The molecule has 0 saturated carbocycles. The Hall–Kier alpha value is -3.18. The van der Waals surface area contributed by atoms with Crippen LogP contribution in [0.15, 0.2) is 53.6 Å². The van der Waals surface area contributed by atoms with Crippen LogP contribution in [0.2, 0.25) is 0 Å². The summed E-state index contributed by atoms with van der Waals surface area (Å²) in [4.78, 5) is 24.9. The fourth-order valence-corrected chi connectivity index (χ4v) is 1.78. The molecule has 0 aliphatic rings. The summed E-state index contributed by atoms with van der Waals surface area (Å²) in [5, 5.41) is 14.0. The minimum atomic E-state index is -0.515. The van der Waals surface area contributed by atoms with Gasteiger partial charge in [-0.3, -0.25) is 14.9 Å². The van der Waals surface area contributed by atoms with Crippen LogP contribution in [0.1, 0.15) is 21.5 Å². The number of ketones is 1. The predicted octanol–water partition coefficient (Wildman–Crippen LogP) is 3.64. The van der Waals surface area contributed by atoms with E-state index in [9.17, 15) is 14.9 Å². The first-order valence-electron chi connectivity index (χ1n) is 6.01. The molecule has 0 bridgehead atoms. The van der Waals surface area contributed by atoms with Crippen LogP contribution in [0.3, 0.4) is 0 Å².